The fourth-order valence-electron chi connectivity index (χ4n) is 1.16. The molecule has 0 fully saturated rings. The predicted octanol–water partition coefficient (Wildman–Crippen LogP) is -0.911. The summed E-state index contributed by atoms with van der Waals surface area (Å²) in [6.45, 7) is -1.25. The van der Waals surface area contributed by atoms with Gasteiger partial charge in [0.25, 0.3) is 5.91 Å². The SMILES string of the molecule is O=C(O)CNC(=O)CNC(=O)CNC(=O)c1ccc(Br)o1. The molecule has 3 amide bonds. The molecule has 1 rings (SSSR count). The van der Waals surface area contributed by atoms with E-state index in [0.29, 0.717) is 4.67 Å². The molecule has 114 valence electrons. The molecule has 0 unspecified atom stereocenters. The summed E-state index contributed by atoms with van der Waals surface area (Å²) < 4.78 is 5.37. The monoisotopic (exact) mass is 361 g/mol. The van der Waals surface area contributed by atoms with Crippen molar-refractivity contribution in [1.82, 2.24) is 16.0 Å². The average molecular weight is 362 g/mol. The van der Waals surface area contributed by atoms with Crippen LogP contribution in [0.5, 0.6) is 0 Å². The molecular formula is C11H12BrN3O6. The number of hydrogen-bond donors (Lipinski definition) is 4. The number of furan rings is 1. The third-order valence-electron chi connectivity index (χ3n) is 2.09. The number of amides is 3. The molecule has 0 aliphatic rings. The fourth-order valence-corrected chi connectivity index (χ4v) is 1.47. The number of halogens is 1. The van der Waals surface area contributed by atoms with Crippen molar-refractivity contribution in [2.75, 3.05) is 19.6 Å². The van der Waals surface area contributed by atoms with Crippen molar-refractivity contribution < 1.29 is 28.7 Å². The molecule has 0 bridgehead atoms. The number of aliphatic carboxylic acids is 1. The first kappa shape index (κ1) is 16.7. The van der Waals surface area contributed by atoms with Gasteiger partial charge in [0.15, 0.2) is 10.4 Å². The molecule has 21 heavy (non-hydrogen) atoms. The third-order valence-corrected chi connectivity index (χ3v) is 2.52. The second-order valence-electron chi connectivity index (χ2n) is 3.73. The van der Waals surface area contributed by atoms with Crippen LogP contribution in [0.15, 0.2) is 21.2 Å². The topological polar surface area (TPSA) is 138 Å². The number of carbonyl (C=O) groups excluding carboxylic acids is 3. The van der Waals surface area contributed by atoms with E-state index in [1.165, 1.54) is 12.1 Å². The van der Waals surface area contributed by atoms with Crippen LogP contribution in [-0.4, -0.2) is 48.4 Å². The molecular weight excluding hydrogens is 350 g/mol. The lowest BCUT2D eigenvalue weighted by Crippen LogP contribution is -2.42. The number of carboxylic acid groups (broad SMARTS) is 1. The van der Waals surface area contributed by atoms with Gasteiger partial charge in [-0.15, -0.1) is 0 Å². The summed E-state index contributed by atoms with van der Waals surface area (Å²) >= 11 is 3.03. The van der Waals surface area contributed by atoms with Crippen molar-refractivity contribution in [2.24, 2.45) is 0 Å². The Labute approximate surface area is 127 Å². The quantitative estimate of drug-likeness (QED) is 0.496. The Bertz CT molecular complexity index is 556. The van der Waals surface area contributed by atoms with Crippen molar-refractivity contribution in [1.29, 1.82) is 0 Å². The highest BCUT2D eigenvalue weighted by atomic mass is 79.9. The van der Waals surface area contributed by atoms with E-state index in [1.807, 2.05) is 0 Å². The molecule has 0 aliphatic carbocycles. The molecule has 0 aromatic carbocycles. The van der Waals surface area contributed by atoms with Crippen molar-refractivity contribution in [3.8, 4) is 0 Å². The van der Waals surface area contributed by atoms with Crippen LogP contribution >= 0.6 is 15.9 Å². The van der Waals surface area contributed by atoms with E-state index >= 15 is 0 Å². The van der Waals surface area contributed by atoms with Crippen LogP contribution in [0, 0.1) is 0 Å². The number of carboxylic acids is 1. The van der Waals surface area contributed by atoms with Crippen LogP contribution in [0.3, 0.4) is 0 Å². The van der Waals surface area contributed by atoms with Gasteiger partial charge in [0.1, 0.15) is 6.54 Å². The van der Waals surface area contributed by atoms with Gasteiger partial charge in [-0.2, -0.15) is 0 Å². The van der Waals surface area contributed by atoms with E-state index < -0.39 is 30.2 Å². The van der Waals surface area contributed by atoms with E-state index in [9.17, 15) is 19.2 Å². The summed E-state index contributed by atoms with van der Waals surface area (Å²) in [5.41, 5.74) is 0. The molecule has 9 nitrogen and oxygen atoms in total. The molecule has 0 spiro atoms. The van der Waals surface area contributed by atoms with Crippen LogP contribution in [0.25, 0.3) is 0 Å². The lowest BCUT2D eigenvalue weighted by molar-refractivity contribution is -0.137. The molecule has 1 heterocycles. The minimum absolute atomic E-state index is 0.0360. The predicted molar refractivity (Wildman–Crippen MR) is 72.4 cm³/mol. The zero-order chi connectivity index (χ0) is 15.8. The smallest absolute Gasteiger partial charge is 0.322 e. The van der Waals surface area contributed by atoms with Gasteiger partial charge in [0, 0.05) is 0 Å². The van der Waals surface area contributed by atoms with Gasteiger partial charge in [-0.05, 0) is 28.1 Å². The molecule has 4 N–H and O–H groups in total. The van der Waals surface area contributed by atoms with Gasteiger partial charge in [0.2, 0.25) is 11.8 Å². The molecule has 0 atom stereocenters. The van der Waals surface area contributed by atoms with E-state index in [1.54, 1.807) is 0 Å². The molecule has 0 radical (unpaired) electrons. The summed E-state index contributed by atoms with van der Waals surface area (Å²) in [6.07, 6.45) is 0. The van der Waals surface area contributed by atoms with Crippen LogP contribution in [-0.2, 0) is 14.4 Å². The normalized spacial score (nSPS) is 9.76. The first-order chi connectivity index (χ1) is 9.88. The van der Waals surface area contributed by atoms with Crippen molar-refractivity contribution in [3.05, 3.63) is 22.6 Å². The Morgan fingerprint density at radius 2 is 1.57 bits per heavy atom. The zero-order valence-corrected chi connectivity index (χ0v) is 12.2. The Hall–Kier alpha value is -2.36. The van der Waals surface area contributed by atoms with Gasteiger partial charge in [0.05, 0.1) is 13.1 Å². The van der Waals surface area contributed by atoms with E-state index in [2.05, 4.69) is 31.9 Å². The number of rotatable bonds is 7. The Morgan fingerprint density at radius 3 is 2.10 bits per heavy atom. The summed E-state index contributed by atoms with van der Waals surface area (Å²) in [5, 5.41) is 14.9. The van der Waals surface area contributed by atoms with Gasteiger partial charge < -0.3 is 25.5 Å². The lowest BCUT2D eigenvalue weighted by Gasteiger charge is -2.06. The minimum atomic E-state index is -1.19. The summed E-state index contributed by atoms with van der Waals surface area (Å²) in [5.74, 6) is -2.97. The first-order valence-electron chi connectivity index (χ1n) is 5.67. The molecule has 0 saturated carbocycles. The van der Waals surface area contributed by atoms with E-state index in [0.717, 1.165) is 0 Å². The molecule has 1 aromatic heterocycles. The highest BCUT2D eigenvalue weighted by Gasteiger charge is 2.12. The van der Waals surface area contributed by atoms with Crippen molar-refractivity contribution in [2.45, 2.75) is 0 Å². The van der Waals surface area contributed by atoms with Crippen molar-refractivity contribution >= 4 is 39.6 Å². The highest BCUT2D eigenvalue weighted by molar-refractivity contribution is 9.10. The summed E-state index contributed by atoms with van der Waals surface area (Å²) in [6, 6.07) is 2.96. The molecule has 0 saturated heterocycles. The Morgan fingerprint density at radius 1 is 1.00 bits per heavy atom. The largest absolute Gasteiger partial charge is 0.480 e. The van der Waals surface area contributed by atoms with Gasteiger partial charge in [-0.25, -0.2) is 0 Å². The lowest BCUT2D eigenvalue weighted by atomic mass is 10.4. The summed E-state index contributed by atoms with van der Waals surface area (Å²) in [4.78, 5) is 44.2. The fraction of sp³-hybridized carbons (Fsp3) is 0.273. The number of carbonyl (C=O) groups is 4. The zero-order valence-electron chi connectivity index (χ0n) is 10.6. The van der Waals surface area contributed by atoms with E-state index in [-0.39, 0.29) is 18.8 Å². The van der Waals surface area contributed by atoms with Crippen LogP contribution in [0.4, 0.5) is 0 Å². The van der Waals surface area contributed by atoms with Crippen LogP contribution < -0.4 is 16.0 Å². The maximum atomic E-state index is 11.5. The standard InChI is InChI=1S/C11H12BrN3O6/c12-7-2-1-6(21-7)11(20)15-4-9(17)13-3-8(16)14-5-10(18)19/h1-2H,3-5H2,(H,13,17)(H,14,16)(H,15,20)(H,18,19). The van der Waals surface area contributed by atoms with Gasteiger partial charge >= 0.3 is 5.97 Å². The first-order valence-corrected chi connectivity index (χ1v) is 6.46. The second kappa shape index (κ2) is 8.04. The van der Waals surface area contributed by atoms with Gasteiger partial charge in [-0.3, -0.25) is 19.2 Å². The Balaban J connectivity index is 2.23. The van der Waals surface area contributed by atoms with E-state index in [4.69, 9.17) is 9.52 Å². The summed E-state index contributed by atoms with van der Waals surface area (Å²) in [7, 11) is 0. The maximum Gasteiger partial charge on any atom is 0.322 e. The highest BCUT2D eigenvalue weighted by Crippen LogP contribution is 2.13. The van der Waals surface area contributed by atoms with Gasteiger partial charge in [-0.1, -0.05) is 0 Å². The number of hydrogen-bond acceptors (Lipinski definition) is 5. The van der Waals surface area contributed by atoms with Crippen LogP contribution in [0.2, 0.25) is 0 Å². The number of nitrogens with one attached hydrogen (secondary N) is 3. The second-order valence-corrected chi connectivity index (χ2v) is 4.52. The third kappa shape index (κ3) is 6.56. The van der Waals surface area contributed by atoms with Crippen molar-refractivity contribution in [3.63, 3.8) is 0 Å². The minimum Gasteiger partial charge on any atom is -0.480 e. The Kier molecular flexibility index (Phi) is 6.40. The molecule has 0 aliphatic heterocycles. The maximum absolute atomic E-state index is 11.5. The molecule has 10 heteroatoms. The van der Waals surface area contributed by atoms with Crippen LogP contribution in [0.1, 0.15) is 10.6 Å². The molecule has 1 aromatic rings. The average Bonchev–Trinajstić information content (AvgIpc) is 2.86.